The van der Waals surface area contributed by atoms with E-state index in [-0.39, 0.29) is 17.6 Å². The third-order valence-corrected chi connectivity index (χ3v) is 4.71. The summed E-state index contributed by atoms with van der Waals surface area (Å²) in [6.45, 7) is 2.40. The average Bonchev–Trinajstić information content (AvgIpc) is 3.26. The number of rotatable bonds is 4. The number of aryl methyl sites for hydroxylation is 2. The number of nitrogens with one attached hydrogen (secondary N) is 1. The second-order valence-corrected chi connectivity index (χ2v) is 6.48. The van der Waals surface area contributed by atoms with Gasteiger partial charge >= 0.3 is 6.03 Å². The van der Waals surface area contributed by atoms with Crippen molar-refractivity contribution in [3.63, 3.8) is 0 Å². The minimum atomic E-state index is -0.750. The van der Waals surface area contributed by atoms with E-state index in [2.05, 4.69) is 5.32 Å². The van der Waals surface area contributed by atoms with Crippen LogP contribution in [0.3, 0.4) is 0 Å². The van der Waals surface area contributed by atoms with E-state index in [0.717, 1.165) is 18.4 Å². The second-order valence-electron chi connectivity index (χ2n) is 6.48. The summed E-state index contributed by atoms with van der Waals surface area (Å²) in [6.07, 6.45) is 4.54. The molecule has 1 fully saturated rings. The summed E-state index contributed by atoms with van der Waals surface area (Å²) in [5.74, 6) is 0.500. The zero-order valence-electron chi connectivity index (χ0n) is 14.4. The molecule has 0 aromatic carbocycles. The number of carbonyl (C=O) groups excluding carboxylic acids is 1. The first kappa shape index (κ1) is 17.3. The zero-order chi connectivity index (χ0) is 18.0. The highest BCUT2D eigenvalue weighted by molar-refractivity contribution is 5.90. The maximum absolute atomic E-state index is 12.7. The number of likely N-dealkylation sites (tertiary alicyclic amines) is 1. The van der Waals surface area contributed by atoms with E-state index in [0.29, 0.717) is 24.4 Å². The Bertz CT molecular complexity index is 797. The molecule has 0 bridgehead atoms. The molecule has 2 atom stereocenters. The molecular formula is C18H23N3O4. The summed E-state index contributed by atoms with van der Waals surface area (Å²) < 4.78 is 6.66. The van der Waals surface area contributed by atoms with Crippen LogP contribution in [0, 0.1) is 6.92 Å². The number of furan rings is 1. The zero-order valence-corrected chi connectivity index (χ0v) is 14.4. The Morgan fingerprint density at radius 3 is 3.00 bits per heavy atom. The molecule has 7 nitrogen and oxygen atoms in total. The van der Waals surface area contributed by atoms with Crippen molar-refractivity contribution >= 4 is 11.7 Å². The molecule has 7 heteroatoms. The lowest BCUT2D eigenvalue weighted by atomic mass is 10.1. The molecule has 1 aliphatic rings. The quantitative estimate of drug-likeness (QED) is 0.891. The van der Waals surface area contributed by atoms with Gasteiger partial charge < -0.3 is 24.3 Å². The molecule has 0 unspecified atom stereocenters. The molecule has 1 saturated heterocycles. The van der Waals surface area contributed by atoms with Crippen LogP contribution < -0.4 is 10.9 Å². The Labute approximate surface area is 145 Å². The number of aromatic nitrogens is 1. The maximum Gasteiger partial charge on any atom is 0.322 e. The summed E-state index contributed by atoms with van der Waals surface area (Å²) in [5, 5.41) is 13.0. The molecule has 0 spiro atoms. The highest BCUT2D eigenvalue weighted by Crippen LogP contribution is 2.28. The van der Waals surface area contributed by atoms with Crippen LogP contribution >= 0.6 is 0 Å². The molecule has 0 radical (unpaired) electrons. The predicted octanol–water partition coefficient (Wildman–Crippen LogP) is 2.41. The van der Waals surface area contributed by atoms with Gasteiger partial charge in [0.25, 0.3) is 5.56 Å². The Hall–Kier alpha value is -2.54. The number of hydrogen-bond acceptors (Lipinski definition) is 4. The first-order valence-electron chi connectivity index (χ1n) is 8.42. The van der Waals surface area contributed by atoms with Gasteiger partial charge in [0.2, 0.25) is 0 Å². The predicted molar refractivity (Wildman–Crippen MR) is 93.5 cm³/mol. The minimum Gasteiger partial charge on any atom is -0.467 e. The monoisotopic (exact) mass is 345 g/mol. The standard InChI is InChI=1S/C18H23N3O4/c1-12-7-9-20(2)17(23)16(12)19-18(24)21-8-3-5-13(21)11-14(22)15-6-4-10-25-15/h4,6-7,9-10,13-14,22H,3,5,8,11H2,1-2H3,(H,19,24)/t13-,14+/m1/s1. The van der Waals surface area contributed by atoms with Crippen LogP contribution in [0.5, 0.6) is 0 Å². The molecule has 3 rings (SSSR count). The van der Waals surface area contributed by atoms with Crippen LogP contribution in [0.15, 0.2) is 39.9 Å². The summed E-state index contributed by atoms with van der Waals surface area (Å²) in [7, 11) is 1.65. The van der Waals surface area contributed by atoms with Crippen LogP contribution in [0.1, 0.15) is 36.7 Å². The van der Waals surface area contributed by atoms with Gasteiger partial charge in [-0.05, 0) is 43.5 Å². The number of anilines is 1. The number of amides is 2. The van der Waals surface area contributed by atoms with Crippen molar-refractivity contribution in [3.05, 3.63) is 52.3 Å². The fourth-order valence-corrected chi connectivity index (χ4v) is 3.25. The van der Waals surface area contributed by atoms with Gasteiger partial charge in [-0.25, -0.2) is 4.79 Å². The SMILES string of the molecule is Cc1ccn(C)c(=O)c1NC(=O)N1CCC[C@@H]1C[C@H](O)c1ccco1. The molecule has 134 valence electrons. The smallest absolute Gasteiger partial charge is 0.322 e. The highest BCUT2D eigenvalue weighted by atomic mass is 16.4. The van der Waals surface area contributed by atoms with E-state index < -0.39 is 6.10 Å². The largest absolute Gasteiger partial charge is 0.467 e. The van der Waals surface area contributed by atoms with Gasteiger partial charge in [-0.1, -0.05) is 0 Å². The lowest BCUT2D eigenvalue weighted by molar-refractivity contribution is 0.110. The molecule has 2 N–H and O–H groups in total. The van der Waals surface area contributed by atoms with Crippen LogP contribution in [0.2, 0.25) is 0 Å². The lowest BCUT2D eigenvalue weighted by Gasteiger charge is -2.26. The second kappa shape index (κ2) is 7.14. The molecule has 3 heterocycles. The number of pyridine rings is 1. The topological polar surface area (TPSA) is 87.7 Å². The van der Waals surface area contributed by atoms with Gasteiger partial charge in [-0.3, -0.25) is 4.79 Å². The van der Waals surface area contributed by atoms with Crippen molar-refractivity contribution in [1.29, 1.82) is 0 Å². The fraction of sp³-hybridized carbons (Fsp3) is 0.444. The van der Waals surface area contributed by atoms with Gasteiger partial charge in [0.1, 0.15) is 17.6 Å². The third-order valence-electron chi connectivity index (χ3n) is 4.71. The number of carbonyl (C=O) groups is 1. The Morgan fingerprint density at radius 1 is 1.48 bits per heavy atom. The number of aliphatic hydroxyl groups excluding tert-OH is 1. The van der Waals surface area contributed by atoms with Crippen molar-refractivity contribution in [2.75, 3.05) is 11.9 Å². The van der Waals surface area contributed by atoms with Crippen molar-refractivity contribution in [2.24, 2.45) is 7.05 Å². The van der Waals surface area contributed by atoms with Crippen molar-refractivity contribution in [1.82, 2.24) is 9.47 Å². The van der Waals surface area contributed by atoms with Gasteiger partial charge in [-0.15, -0.1) is 0 Å². The van der Waals surface area contributed by atoms with Crippen molar-refractivity contribution in [2.45, 2.75) is 38.3 Å². The molecule has 2 aromatic heterocycles. The van der Waals surface area contributed by atoms with Crippen LogP contribution in [0.4, 0.5) is 10.5 Å². The summed E-state index contributed by atoms with van der Waals surface area (Å²) in [5.41, 5.74) is 0.787. The Kier molecular flexibility index (Phi) is 4.94. The van der Waals surface area contributed by atoms with Crippen LogP contribution in [-0.4, -0.2) is 33.2 Å². The first-order chi connectivity index (χ1) is 12.0. The van der Waals surface area contributed by atoms with E-state index in [4.69, 9.17) is 4.42 Å². The third kappa shape index (κ3) is 3.61. The summed E-state index contributed by atoms with van der Waals surface area (Å²) in [4.78, 5) is 26.6. The van der Waals surface area contributed by atoms with Gasteiger partial charge in [0.15, 0.2) is 0 Å². The molecule has 1 aliphatic heterocycles. The van der Waals surface area contributed by atoms with E-state index in [9.17, 15) is 14.7 Å². The molecule has 0 saturated carbocycles. The van der Waals surface area contributed by atoms with E-state index in [1.165, 1.54) is 10.8 Å². The number of nitrogens with zero attached hydrogens (tertiary/aromatic N) is 2. The first-order valence-corrected chi connectivity index (χ1v) is 8.42. The van der Waals surface area contributed by atoms with Crippen molar-refractivity contribution in [3.8, 4) is 0 Å². The van der Waals surface area contributed by atoms with Gasteiger partial charge in [0.05, 0.1) is 6.26 Å². The lowest BCUT2D eigenvalue weighted by Crippen LogP contribution is -2.41. The van der Waals surface area contributed by atoms with Crippen LogP contribution in [0.25, 0.3) is 0 Å². The Balaban J connectivity index is 1.71. The number of urea groups is 1. The van der Waals surface area contributed by atoms with E-state index in [1.54, 1.807) is 43.3 Å². The maximum atomic E-state index is 12.7. The van der Waals surface area contributed by atoms with E-state index in [1.807, 2.05) is 0 Å². The molecule has 25 heavy (non-hydrogen) atoms. The number of aliphatic hydroxyl groups is 1. The average molecular weight is 345 g/mol. The Morgan fingerprint density at radius 2 is 2.28 bits per heavy atom. The highest BCUT2D eigenvalue weighted by Gasteiger charge is 2.31. The molecule has 0 aliphatic carbocycles. The molecular weight excluding hydrogens is 322 g/mol. The van der Waals surface area contributed by atoms with Crippen LogP contribution in [-0.2, 0) is 7.05 Å². The van der Waals surface area contributed by atoms with Gasteiger partial charge in [-0.2, -0.15) is 0 Å². The summed E-state index contributed by atoms with van der Waals surface area (Å²) >= 11 is 0. The normalized spacial score (nSPS) is 18.4. The fourth-order valence-electron chi connectivity index (χ4n) is 3.25. The van der Waals surface area contributed by atoms with Gasteiger partial charge in [0, 0.05) is 32.3 Å². The molecule has 2 amide bonds. The van der Waals surface area contributed by atoms with Crippen molar-refractivity contribution < 1.29 is 14.3 Å². The summed E-state index contributed by atoms with van der Waals surface area (Å²) in [6, 6.07) is 4.85. The van der Waals surface area contributed by atoms with E-state index >= 15 is 0 Å². The molecule has 2 aromatic rings. The number of hydrogen-bond donors (Lipinski definition) is 2. The minimum absolute atomic E-state index is 0.0898.